The average Bonchev–Trinajstić information content (AvgIpc) is 3.41. The van der Waals surface area contributed by atoms with Gasteiger partial charge in [-0.3, -0.25) is 22.1 Å². The Hall–Kier alpha value is -1.19. The number of carbonyl (C=O) groups excluding carboxylic acids is 2. The Kier molecular flexibility index (Phi) is 36.9. The Labute approximate surface area is 537 Å². The van der Waals surface area contributed by atoms with Gasteiger partial charge in [0.1, 0.15) is 43.0 Å². The van der Waals surface area contributed by atoms with Crippen molar-refractivity contribution < 1.29 is 159 Å². The first-order valence-electron chi connectivity index (χ1n) is 27.4. The van der Waals surface area contributed by atoms with Gasteiger partial charge in [0, 0.05) is 24.6 Å². The van der Waals surface area contributed by atoms with Crippen molar-refractivity contribution in [1.29, 1.82) is 0 Å². The van der Waals surface area contributed by atoms with Gasteiger partial charge in [0.05, 0.1) is 12.1 Å². The standard InChI is InChI=1S/C55H82N2O16S3.3Na/c1-2-3-4-5-6-12-15-24-31-50(72-75(63,64)65)51(73-76(66,67)68)36-33-46(71-74(60,61)62)30-23-14-11-9-7-8-10-13-16-25-32-53(58)56-48-34-35-49-54-45(37-38-57(49)55(48)59)39-47(69-41-43-26-19-17-20-27-43)40-52(54)70-42-44-28-21-18-22-29-44;;;/h17-22,26-29,39-40,46,48-51H,2-16,23-25,30-38,41-42H2,1H3,(H,56,58)(H,60,61,62)(H,63,64,65)(H,66,67,68);;;/q;3*+1/p-3/t46-,48-,49-,50-,51-;;;/m0.../s1. The number of fused-ring (bicyclic) bond motifs is 3. The summed E-state index contributed by atoms with van der Waals surface area (Å²) in [5.41, 5.74) is 4.20. The van der Waals surface area contributed by atoms with Crippen molar-refractivity contribution in [3.8, 4) is 11.5 Å². The van der Waals surface area contributed by atoms with Crippen molar-refractivity contribution in [3.05, 3.63) is 95.1 Å². The third-order valence-electron chi connectivity index (χ3n) is 14.1. The van der Waals surface area contributed by atoms with Crippen LogP contribution in [0, 0.1) is 0 Å². The van der Waals surface area contributed by atoms with E-state index in [0.29, 0.717) is 89.0 Å². The molecule has 2 aliphatic rings. The van der Waals surface area contributed by atoms with E-state index in [2.05, 4.69) is 26.7 Å². The van der Waals surface area contributed by atoms with Gasteiger partial charge < -0.3 is 33.3 Å². The molecular weight excluding hydrogens is 1110 g/mol. The third kappa shape index (κ3) is 29.9. The SMILES string of the molecule is CCCCCCCCCC[C@H](OS(=O)(=O)[O-])[C@H](CC[C@H](CCCCCCCCCCCCC(=O)N[C@H]1CC[C@H]2c3c(cc(OCc4ccccc4)cc3OCc3ccccc3)CCN2C1=O)OS(=O)(=O)[O-])OS(=O)(=O)[O-].[Na+].[Na+].[Na+]. The number of benzene rings is 3. The summed E-state index contributed by atoms with van der Waals surface area (Å²) in [5.74, 6) is 1.21. The maximum absolute atomic E-state index is 13.9. The molecule has 1 N–H and O–H groups in total. The molecular formula is C55H79N2Na3O16S3. The van der Waals surface area contributed by atoms with Crippen LogP contribution in [0.2, 0.25) is 0 Å². The summed E-state index contributed by atoms with van der Waals surface area (Å²) in [5, 5.41) is 3.02. The predicted molar refractivity (Wildman–Crippen MR) is 283 cm³/mol. The van der Waals surface area contributed by atoms with E-state index < -0.39 is 62.0 Å². The molecule has 0 radical (unpaired) electrons. The Morgan fingerprint density at radius 2 is 1.08 bits per heavy atom. The predicted octanol–water partition coefficient (Wildman–Crippen LogP) is 1.09. The van der Waals surface area contributed by atoms with Crippen LogP contribution in [-0.2, 0) is 73.0 Å². The molecule has 0 spiro atoms. The number of hydrogen-bond donors (Lipinski definition) is 1. The molecule has 18 nitrogen and oxygen atoms in total. The summed E-state index contributed by atoms with van der Waals surface area (Å²) in [4.78, 5) is 28.9. The largest absolute Gasteiger partial charge is 1.00 e. The number of carbonyl (C=O) groups is 2. The van der Waals surface area contributed by atoms with Gasteiger partial charge in [-0.2, -0.15) is 0 Å². The van der Waals surface area contributed by atoms with Crippen molar-refractivity contribution in [3.63, 3.8) is 0 Å². The number of nitrogens with one attached hydrogen (secondary N) is 1. The first-order chi connectivity index (χ1) is 36.4. The molecule has 2 heterocycles. The Morgan fingerprint density at radius 1 is 0.595 bits per heavy atom. The molecule has 0 saturated carbocycles. The molecule has 5 atom stereocenters. The molecule has 1 fully saturated rings. The van der Waals surface area contributed by atoms with Crippen LogP contribution in [0.1, 0.15) is 196 Å². The fourth-order valence-corrected chi connectivity index (χ4v) is 11.9. The van der Waals surface area contributed by atoms with Crippen LogP contribution in [0.4, 0.5) is 0 Å². The van der Waals surface area contributed by atoms with Crippen molar-refractivity contribution in [2.24, 2.45) is 0 Å². The first-order valence-corrected chi connectivity index (χ1v) is 31.4. The van der Waals surface area contributed by atoms with Gasteiger partial charge in [0.2, 0.25) is 43.0 Å². The Morgan fingerprint density at radius 3 is 1.61 bits per heavy atom. The molecule has 0 unspecified atom stereocenters. The number of nitrogens with zero attached hydrogens (tertiary/aromatic N) is 1. The van der Waals surface area contributed by atoms with E-state index in [4.69, 9.17) is 13.7 Å². The van der Waals surface area contributed by atoms with Crippen molar-refractivity contribution in [2.75, 3.05) is 6.54 Å². The van der Waals surface area contributed by atoms with Gasteiger partial charge in [0.25, 0.3) is 0 Å². The van der Waals surface area contributed by atoms with Crippen molar-refractivity contribution in [1.82, 2.24) is 10.2 Å². The molecule has 0 aromatic heterocycles. The van der Waals surface area contributed by atoms with E-state index in [9.17, 15) is 48.5 Å². The zero-order valence-corrected chi connectivity index (χ0v) is 55.5. The van der Waals surface area contributed by atoms with Crippen LogP contribution in [-0.4, -0.2) is 86.5 Å². The molecule has 1 saturated heterocycles. The minimum Gasteiger partial charge on any atom is -0.726 e. The second-order valence-electron chi connectivity index (χ2n) is 20.2. The molecule has 0 bridgehead atoms. The van der Waals surface area contributed by atoms with E-state index in [-0.39, 0.29) is 126 Å². The van der Waals surface area contributed by atoms with Gasteiger partial charge in [0.15, 0.2) is 0 Å². The topological polar surface area (TPSA) is 267 Å². The molecule has 0 aliphatic carbocycles. The summed E-state index contributed by atoms with van der Waals surface area (Å²) < 4.78 is 131. The van der Waals surface area contributed by atoms with Crippen LogP contribution >= 0.6 is 0 Å². The molecule has 5 rings (SSSR count). The van der Waals surface area contributed by atoms with E-state index in [1.54, 1.807) is 0 Å². The molecule has 79 heavy (non-hydrogen) atoms. The van der Waals surface area contributed by atoms with Gasteiger partial charge in [-0.25, -0.2) is 25.3 Å². The third-order valence-corrected chi connectivity index (χ3v) is 15.6. The van der Waals surface area contributed by atoms with E-state index in [0.717, 1.165) is 106 Å². The minimum absolute atomic E-state index is 0. The number of unbranched alkanes of at least 4 members (excludes halogenated alkanes) is 16. The molecule has 3 aromatic carbocycles. The minimum atomic E-state index is -5.41. The number of amides is 2. The number of rotatable bonds is 39. The molecule has 24 heteroatoms. The van der Waals surface area contributed by atoms with Crippen molar-refractivity contribution in [2.45, 2.75) is 217 Å². The summed E-state index contributed by atoms with van der Waals surface area (Å²) in [6.07, 6.45) is 12.1. The normalized spacial score (nSPS) is 16.5. The zero-order chi connectivity index (χ0) is 54.8. The monoisotopic (exact) mass is 1190 g/mol. The number of hydrogen-bond acceptors (Lipinski definition) is 16. The summed E-state index contributed by atoms with van der Waals surface area (Å²) >= 11 is 0. The molecule has 2 amide bonds. The molecule has 3 aromatic rings. The zero-order valence-electron chi connectivity index (χ0n) is 47.0. The Balaban J connectivity index is 0.00000711. The van der Waals surface area contributed by atoms with E-state index in [1.165, 1.54) is 0 Å². The maximum Gasteiger partial charge on any atom is 1.00 e. The Bertz CT molecular complexity index is 2550. The van der Waals surface area contributed by atoms with Gasteiger partial charge >= 0.3 is 88.7 Å². The fraction of sp³-hybridized carbons (Fsp3) is 0.636. The second-order valence-corrected chi connectivity index (χ2v) is 23.2. The van der Waals surface area contributed by atoms with Crippen LogP contribution in [0.3, 0.4) is 0 Å². The van der Waals surface area contributed by atoms with E-state index in [1.807, 2.05) is 71.6 Å². The first kappa shape index (κ1) is 73.9. The molecule has 426 valence electrons. The summed E-state index contributed by atoms with van der Waals surface area (Å²) in [7, 11) is -15.9. The van der Waals surface area contributed by atoms with Gasteiger partial charge in [-0.05, 0) is 74.1 Å². The van der Waals surface area contributed by atoms with Crippen LogP contribution < -0.4 is 103 Å². The quantitative estimate of drug-likeness (QED) is 0.0363. The smallest absolute Gasteiger partial charge is 0.726 e. The van der Waals surface area contributed by atoms with Crippen LogP contribution in [0.25, 0.3) is 0 Å². The number of ether oxygens (including phenoxy) is 2. The van der Waals surface area contributed by atoms with Crippen LogP contribution in [0.5, 0.6) is 11.5 Å². The summed E-state index contributed by atoms with van der Waals surface area (Å²) in [6.45, 7) is 3.43. The van der Waals surface area contributed by atoms with Crippen molar-refractivity contribution >= 4 is 43.0 Å². The molecule has 2 aliphatic heterocycles. The number of piperidine rings is 1. The van der Waals surface area contributed by atoms with E-state index >= 15 is 0 Å². The fourth-order valence-electron chi connectivity index (χ4n) is 10.3. The van der Waals surface area contributed by atoms with Gasteiger partial charge in [-0.1, -0.05) is 177 Å². The average molecular weight is 1190 g/mol. The van der Waals surface area contributed by atoms with Gasteiger partial charge in [-0.15, -0.1) is 0 Å². The van der Waals surface area contributed by atoms with Crippen LogP contribution in [0.15, 0.2) is 72.8 Å². The second kappa shape index (κ2) is 39.4. The summed E-state index contributed by atoms with van der Waals surface area (Å²) in [6, 6.07) is 23.2. The maximum atomic E-state index is 13.9.